The first kappa shape index (κ1) is 59.1. The molecule has 0 spiro atoms. The molecular formula is C59H98N2O12. The van der Waals surface area contributed by atoms with E-state index in [1.54, 1.807) is 13.8 Å². The van der Waals surface area contributed by atoms with Gasteiger partial charge in [-0.05, 0) is 145 Å². The number of alkyl carbamates (subject to hydrolysis) is 2. The van der Waals surface area contributed by atoms with Crippen LogP contribution < -0.4 is 10.6 Å². The smallest absolute Gasteiger partial charge is 0.407 e. The van der Waals surface area contributed by atoms with E-state index < -0.39 is 36.3 Å². The van der Waals surface area contributed by atoms with Gasteiger partial charge in [0, 0.05) is 11.1 Å². The molecule has 0 saturated heterocycles. The fourth-order valence-corrected chi connectivity index (χ4v) is 13.4. The fraction of sp³-hybridized carbons (Fsp3) is 0.864. The Morgan fingerprint density at radius 1 is 0.452 bits per heavy atom. The Bertz CT molecular complexity index is 1570. The lowest BCUT2D eigenvalue weighted by Crippen LogP contribution is -2.41. The standard InChI is InChI=1S/C59H98N2O12/c1-41(2)55(62)66-33-31-60-57(64)72-53(39-70-51-21-13-19-45(35-51)43-15-9-7-10-16-43)37-68-49-27-23-47(24-28-49)59(5,6)48-25-29-50(30-26-48)69-38-54(73-58(65)61-32-34-67-56(63)42(3)4)40-71-52-22-14-20-46(36-52)44-17-11-8-12-18-44/h43-54H,1,3,7-40H2,2,4-6H3,(H,60,64)(H,61,65). The number of rotatable bonds is 26. The molecule has 0 bridgehead atoms. The van der Waals surface area contributed by atoms with E-state index in [-0.39, 0.29) is 69.3 Å². The summed E-state index contributed by atoms with van der Waals surface area (Å²) in [4.78, 5) is 49.6. The lowest BCUT2D eigenvalue weighted by Gasteiger charge is -2.46. The summed E-state index contributed by atoms with van der Waals surface area (Å²) in [7, 11) is 0. The summed E-state index contributed by atoms with van der Waals surface area (Å²) in [5.74, 6) is 3.24. The molecule has 73 heavy (non-hydrogen) atoms. The van der Waals surface area contributed by atoms with Crippen LogP contribution in [0.2, 0.25) is 0 Å². The van der Waals surface area contributed by atoms with Crippen LogP contribution in [0.3, 0.4) is 0 Å². The summed E-state index contributed by atoms with van der Waals surface area (Å²) in [6.07, 6.45) is 29.1. The van der Waals surface area contributed by atoms with Crippen molar-refractivity contribution in [3.05, 3.63) is 24.3 Å². The molecule has 0 aromatic rings. The second-order valence-electron chi connectivity index (χ2n) is 23.7. The van der Waals surface area contributed by atoms with Gasteiger partial charge in [0.2, 0.25) is 0 Å². The highest BCUT2D eigenvalue weighted by molar-refractivity contribution is 5.87. The summed E-state index contributed by atoms with van der Waals surface area (Å²) < 4.78 is 48.3. The highest BCUT2D eigenvalue weighted by atomic mass is 16.6. The highest BCUT2D eigenvalue weighted by Gasteiger charge is 2.41. The summed E-state index contributed by atoms with van der Waals surface area (Å²) in [6.45, 7) is 16.8. The summed E-state index contributed by atoms with van der Waals surface area (Å²) >= 11 is 0. The van der Waals surface area contributed by atoms with Gasteiger partial charge in [-0.2, -0.15) is 0 Å². The van der Waals surface area contributed by atoms with Crippen molar-refractivity contribution >= 4 is 24.1 Å². The molecule has 0 heterocycles. The SMILES string of the molecule is C=C(C)C(=O)OCCNC(=O)OC(COC1CCC(C(C)(C)C2CCC(OCC(COC3CCCC(C4CCCCC4)C3)OC(=O)NCCOC(=O)C(=C)C)CC2)CC1)COC1CCCC(C2CCCCC2)C1. The quantitative estimate of drug-likeness (QED) is 0.0365. The molecule has 14 heteroatoms. The van der Waals surface area contributed by atoms with Gasteiger partial charge in [-0.15, -0.1) is 0 Å². The minimum atomic E-state index is -0.572. The van der Waals surface area contributed by atoms with Crippen molar-refractivity contribution in [2.75, 3.05) is 52.7 Å². The maximum absolute atomic E-state index is 13.0. The molecule has 6 saturated carbocycles. The molecule has 2 amide bonds. The lowest BCUT2D eigenvalue weighted by atomic mass is 9.60. The van der Waals surface area contributed by atoms with E-state index >= 15 is 0 Å². The molecule has 0 aliphatic heterocycles. The van der Waals surface area contributed by atoms with Gasteiger partial charge in [-0.3, -0.25) is 0 Å². The van der Waals surface area contributed by atoms with Crippen LogP contribution in [0.15, 0.2) is 24.3 Å². The highest BCUT2D eigenvalue weighted by Crippen LogP contribution is 2.49. The number of ether oxygens (including phenoxy) is 8. The molecule has 14 nitrogen and oxygen atoms in total. The number of carbonyl (C=O) groups excluding carboxylic acids is 4. The van der Waals surface area contributed by atoms with Crippen LogP contribution in [0.5, 0.6) is 0 Å². The van der Waals surface area contributed by atoms with Gasteiger partial charge >= 0.3 is 24.1 Å². The van der Waals surface area contributed by atoms with Crippen LogP contribution in [0, 0.1) is 40.9 Å². The number of amides is 2. The monoisotopic (exact) mass is 1030 g/mol. The summed E-state index contributed by atoms with van der Waals surface area (Å²) in [5, 5.41) is 5.44. The third-order valence-corrected chi connectivity index (χ3v) is 17.9. The van der Waals surface area contributed by atoms with Crippen molar-refractivity contribution < 1.29 is 57.1 Å². The maximum atomic E-state index is 13.0. The third-order valence-electron chi connectivity index (χ3n) is 17.9. The zero-order valence-electron chi connectivity index (χ0n) is 45.8. The number of hydrogen-bond donors (Lipinski definition) is 2. The molecule has 0 radical (unpaired) electrons. The molecule has 0 aromatic heterocycles. The van der Waals surface area contributed by atoms with E-state index in [0.29, 0.717) is 36.2 Å². The normalized spacial score (nSPS) is 28.4. The van der Waals surface area contributed by atoms with Gasteiger partial charge in [0.1, 0.15) is 13.2 Å². The van der Waals surface area contributed by atoms with E-state index in [2.05, 4.69) is 37.6 Å². The first-order valence-electron chi connectivity index (χ1n) is 29.2. The molecule has 6 fully saturated rings. The Morgan fingerprint density at radius 3 is 1.15 bits per heavy atom. The number of esters is 2. The van der Waals surface area contributed by atoms with E-state index in [0.717, 1.165) is 101 Å². The number of hydrogen-bond acceptors (Lipinski definition) is 12. The topological polar surface area (TPSA) is 166 Å². The predicted molar refractivity (Wildman–Crippen MR) is 282 cm³/mol. The Hall–Kier alpha value is -3.20. The third kappa shape index (κ3) is 20.4. The summed E-state index contributed by atoms with van der Waals surface area (Å²) in [6, 6.07) is 0. The van der Waals surface area contributed by atoms with Crippen molar-refractivity contribution in [2.24, 2.45) is 40.9 Å². The Balaban J connectivity index is 0.933. The first-order chi connectivity index (χ1) is 35.2. The van der Waals surface area contributed by atoms with Crippen LogP contribution in [-0.4, -0.2) is 113 Å². The fourth-order valence-electron chi connectivity index (χ4n) is 13.4. The first-order valence-corrected chi connectivity index (χ1v) is 29.2. The van der Waals surface area contributed by atoms with Crippen LogP contribution in [0.4, 0.5) is 9.59 Å². The largest absolute Gasteiger partial charge is 0.460 e. The van der Waals surface area contributed by atoms with Crippen molar-refractivity contribution in [2.45, 2.75) is 231 Å². The lowest BCUT2D eigenvalue weighted by molar-refractivity contribution is -0.139. The van der Waals surface area contributed by atoms with Crippen LogP contribution in [-0.2, 0) is 47.5 Å². The molecule has 416 valence electrons. The van der Waals surface area contributed by atoms with Crippen molar-refractivity contribution in [3.8, 4) is 0 Å². The molecule has 0 aromatic carbocycles. The Labute approximate surface area is 439 Å². The van der Waals surface area contributed by atoms with Gasteiger partial charge in [0.15, 0.2) is 12.2 Å². The van der Waals surface area contributed by atoms with E-state index in [1.165, 1.54) is 89.9 Å². The Kier molecular flexibility index (Phi) is 25.2. The summed E-state index contributed by atoms with van der Waals surface area (Å²) in [5.41, 5.74) is 0.783. The zero-order chi connectivity index (χ0) is 52.0. The molecule has 6 unspecified atom stereocenters. The Morgan fingerprint density at radius 2 is 0.795 bits per heavy atom. The number of nitrogens with one attached hydrogen (secondary N) is 2. The minimum Gasteiger partial charge on any atom is -0.460 e. The second-order valence-corrected chi connectivity index (χ2v) is 23.7. The van der Waals surface area contributed by atoms with E-state index in [9.17, 15) is 19.2 Å². The van der Waals surface area contributed by atoms with Gasteiger partial charge in [0.25, 0.3) is 0 Å². The minimum absolute atomic E-state index is 0.0345. The van der Waals surface area contributed by atoms with Crippen molar-refractivity contribution in [3.63, 3.8) is 0 Å². The van der Waals surface area contributed by atoms with Gasteiger partial charge in [-0.25, -0.2) is 19.2 Å². The predicted octanol–water partition coefficient (Wildman–Crippen LogP) is 11.9. The van der Waals surface area contributed by atoms with Crippen LogP contribution >= 0.6 is 0 Å². The van der Waals surface area contributed by atoms with Crippen molar-refractivity contribution in [1.82, 2.24) is 10.6 Å². The van der Waals surface area contributed by atoms with E-state index in [4.69, 9.17) is 37.9 Å². The molecule has 6 atom stereocenters. The second kappa shape index (κ2) is 31.1. The average Bonchev–Trinajstić information content (AvgIpc) is 3.41. The van der Waals surface area contributed by atoms with Crippen LogP contribution in [0.1, 0.15) is 195 Å². The maximum Gasteiger partial charge on any atom is 0.407 e. The molecule has 6 rings (SSSR count). The average molecular weight is 1030 g/mol. The van der Waals surface area contributed by atoms with Crippen molar-refractivity contribution in [1.29, 1.82) is 0 Å². The molecule has 6 aliphatic carbocycles. The van der Waals surface area contributed by atoms with Gasteiger partial charge < -0.3 is 48.5 Å². The molecular weight excluding hydrogens is 929 g/mol. The van der Waals surface area contributed by atoms with E-state index in [1.807, 2.05) is 0 Å². The van der Waals surface area contributed by atoms with Gasteiger partial charge in [-0.1, -0.05) is 104 Å². The van der Waals surface area contributed by atoms with Gasteiger partial charge in [0.05, 0.1) is 63.9 Å². The molecule has 2 N–H and O–H groups in total. The van der Waals surface area contributed by atoms with Crippen LogP contribution in [0.25, 0.3) is 0 Å². The number of carbonyl (C=O) groups is 4. The zero-order valence-corrected chi connectivity index (χ0v) is 45.8. The molecule has 6 aliphatic rings.